The molecule has 1 nitrogen and oxygen atoms in total. The maximum Gasteiger partial charge on any atom is 0.122 e. The van der Waals surface area contributed by atoms with Gasteiger partial charge in [-0.1, -0.05) is 52.0 Å². The van der Waals surface area contributed by atoms with E-state index in [4.69, 9.17) is 4.74 Å². The van der Waals surface area contributed by atoms with Gasteiger partial charge in [-0.2, -0.15) is 0 Å². The molecule has 1 rings (SSSR count). The summed E-state index contributed by atoms with van der Waals surface area (Å²) in [6, 6.07) is 6.56. The Morgan fingerprint density at radius 1 is 1.28 bits per heavy atom. The molecule has 0 aliphatic rings. The minimum Gasteiger partial charge on any atom is -0.496 e. The Bertz CT molecular complexity index is 410. The molecule has 100 valence electrons. The van der Waals surface area contributed by atoms with Crippen molar-refractivity contribution in [2.24, 2.45) is 5.92 Å². The molecule has 0 bridgehead atoms. The summed E-state index contributed by atoms with van der Waals surface area (Å²) in [6.07, 6.45) is 5.46. The van der Waals surface area contributed by atoms with Crippen molar-refractivity contribution in [1.82, 2.24) is 0 Å². The molecule has 0 aliphatic heterocycles. The highest BCUT2D eigenvalue weighted by atomic mass is 16.5. The van der Waals surface area contributed by atoms with Gasteiger partial charge in [0, 0.05) is 0 Å². The van der Waals surface area contributed by atoms with E-state index < -0.39 is 0 Å². The lowest BCUT2D eigenvalue weighted by molar-refractivity contribution is 0.397. The molecule has 0 spiro atoms. The van der Waals surface area contributed by atoms with E-state index in [9.17, 15) is 0 Å². The Kier molecular flexibility index (Phi) is 5.01. The highest BCUT2D eigenvalue weighted by molar-refractivity contribution is 5.41. The number of allylic oxidation sites excluding steroid dienone is 2. The number of methoxy groups -OCH3 is 1. The molecule has 0 aromatic heterocycles. The third-order valence-electron chi connectivity index (χ3n) is 3.15. The van der Waals surface area contributed by atoms with Crippen LogP contribution in [0.4, 0.5) is 0 Å². The van der Waals surface area contributed by atoms with Gasteiger partial charge in [-0.05, 0) is 41.9 Å². The summed E-state index contributed by atoms with van der Waals surface area (Å²) in [6.45, 7) is 11.0. The Labute approximate surface area is 112 Å². The average molecular weight is 246 g/mol. The van der Waals surface area contributed by atoms with Crippen molar-refractivity contribution in [3.05, 3.63) is 41.5 Å². The van der Waals surface area contributed by atoms with Gasteiger partial charge in [0.25, 0.3) is 0 Å². The van der Waals surface area contributed by atoms with E-state index in [0.717, 1.165) is 12.2 Å². The van der Waals surface area contributed by atoms with E-state index >= 15 is 0 Å². The summed E-state index contributed by atoms with van der Waals surface area (Å²) in [7, 11) is 1.74. The maximum absolute atomic E-state index is 5.47. The van der Waals surface area contributed by atoms with E-state index in [1.165, 1.54) is 11.1 Å². The number of ether oxygens (including phenoxy) is 1. The van der Waals surface area contributed by atoms with Gasteiger partial charge < -0.3 is 4.74 Å². The van der Waals surface area contributed by atoms with Gasteiger partial charge in [-0.25, -0.2) is 0 Å². The van der Waals surface area contributed by atoms with E-state index in [2.05, 4.69) is 65.0 Å². The first kappa shape index (κ1) is 14.8. The fourth-order valence-electron chi connectivity index (χ4n) is 2.24. The highest BCUT2D eigenvalue weighted by Gasteiger charge is 2.19. The second-order valence-electron chi connectivity index (χ2n) is 5.99. The van der Waals surface area contributed by atoms with Crippen LogP contribution in [0.2, 0.25) is 0 Å². The Hall–Kier alpha value is -1.24. The molecule has 0 fully saturated rings. The Balaban J connectivity index is 3.03. The molecule has 0 aliphatic carbocycles. The van der Waals surface area contributed by atoms with Crippen LogP contribution in [0.15, 0.2) is 30.4 Å². The summed E-state index contributed by atoms with van der Waals surface area (Å²) >= 11 is 0. The van der Waals surface area contributed by atoms with Crippen LogP contribution >= 0.6 is 0 Å². The number of rotatable bonds is 4. The van der Waals surface area contributed by atoms with E-state index in [-0.39, 0.29) is 5.41 Å². The summed E-state index contributed by atoms with van der Waals surface area (Å²) in [5, 5.41) is 0. The predicted octanol–water partition coefficient (Wildman–Crippen LogP) is 4.75. The quantitative estimate of drug-likeness (QED) is 0.697. The largest absolute Gasteiger partial charge is 0.496 e. The summed E-state index contributed by atoms with van der Waals surface area (Å²) in [4.78, 5) is 0. The van der Waals surface area contributed by atoms with Gasteiger partial charge in [0.1, 0.15) is 5.75 Å². The Morgan fingerprint density at radius 2 is 1.94 bits per heavy atom. The molecular weight excluding hydrogens is 220 g/mol. The number of benzene rings is 1. The van der Waals surface area contributed by atoms with Gasteiger partial charge in [0.2, 0.25) is 0 Å². The predicted molar refractivity (Wildman–Crippen MR) is 79.4 cm³/mol. The van der Waals surface area contributed by atoms with Crippen LogP contribution < -0.4 is 4.74 Å². The first-order chi connectivity index (χ1) is 8.38. The monoisotopic (exact) mass is 246 g/mol. The third-order valence-corrected chi connectivity index (χ3v) is 3.15. The van der Waals surface area contributed by atoms with Crippen molar-refractivity contribution in [2.75, 3.05) is 7.11 Å². The van der Waals surface area contributed by atoms with Gasteiger partial charge in [-0.3, -0.25) is 0 Å². The molecule has 1 heteroatoms. The Morgan fingerprint density at radius 3 is 2.44 bits per heavy atom. The molecule has 1 atom stereocenters. The lowest BCUT2D eigenvalue weighted by Gasteiger charge is -2.23. The normalized spacial score (nSPS) is 13.9. The van der Waals surface area contributed by atoms with Crippen molar-refractivity contribution in [3.8, 4) is 5.75 Å². The molecule has 1 aromatic carbocycles. The topological polar surface area (TPSA) is 9.23 Å². The SMILES string of the molecule is C/C=C\C(C)Cc1ccc(OC)c(C(C)(C)C)c1. The molecule has 0 saturated carbocycles. The van der Waals surface area contributed by atoms with Crippen LogP contribution in [0.25, 0.3) is 0 Å². The van der Waals surface area contributed by atoms with Crippen molar-refractivity contribution >= 4 is 0 Å². The minimum absolute atomic E-state index is 0.116. The average Bonchev–Trinajstić information content (AvgIpc) is 2.28. The van der Waals surface area contributed by atoms with Crippen LogP contribution in [0, 0.1) is 5.92 Å². The minimum atomic E-state index is 0.116. The van der Waals surface area contributed by atoms with Crippen LogP contribution in [0.1, 0.15) is 45.7 Å². The van der Waals surface area contributed by atoms with E-state index in [1.54, 1.807) is 7.11 Å². The van der Waals surface area contributed by atoms with E-state index in [1.807, 2.05) is 0 Å². The molecule has 0 amide bonds. The molecule has 0 heterocycles. The molecule has 0 saturated heterocycles. The zero-order valence-corrected chi connectivity index (χ0v) is 12.6. The summed E-state index contributed by atoms with van der Waals surface area (Å²) < 4.78 is 5.47. The standard InChI is InChI=1S/C17H26O/c1-7-8-13(2)11-14-9-10-16(18-6)15(12-14)17(3,4)5/h7-10,12-13H,11H2,1-6H3/b8-7-. The molecule has 0 N–H and O–H groups in total. The van der Waals surface area contributed by atoms with Gasteiger partial charge >= 0.3 is 0 Å². The number of hydrogen-bond acceptors (Lipinski definition) is 1. The molecule has 0 radical (unpaired) electrons. The van der Waals surface area contributed by atoms with Gasteiger partial charge in [0.05, 0.1) is 7.11 Å². The van der Waals surface area contributed by atoms with E-state index in [0.29, 0.717) is 5.92 Å². The smallest absolute Gasteiger partial charge is 0.122 e. The van der Waals surface area contributed by atoms with Crippen LogP contribution in [-0.4, -0.2) is 7.11 Å². The zero-order chi connectivity index (χ0) is 13.8. The van der Waals surface area contributed by atoms with Crippen molar-refractivity contribution in [1.29, 1.82) is 0 Å². The fraction of sp³-hybridized carbons (Fsp3) is 0.529. The van der Waals surface area contributed by atoms with Crippen molar-refractivity contribution in [3.63, 3.8) is 0 Å². The first-order valence-electron chi connectivity index (χ1n) is 6.68. The second kappa shape index (κ2) is 6.08. The third kappa shape index (κ3) is 3.90. The van der Waals surface area contributed by atoms with Crippen molar-refractivity contribution in [2.45, 2.75) is 46.5 Å². The lowest BCUT2D eigenvalue weighted by atomic mass is 9.84. The number of hydrogen-bond donors (Lipinski definition) is 0. The molecule has 18 heavy (non-hydrogen) atoms. The van der Waals surface area contributed by atoms with Gasteiger partial charge in [-0.15, -0.1) is 0 Å². The first-order valence-corrected chi connectivity index (χ1v) is 6.68. The van der Waals surface area contributed by atoms with Gasteiger partial charge in [0.15, 0.2) is 0 Å². The summed E-state index contributed by atoms with van der Waals surface area (Å²) in [5.41, 5.74) is 2.78. The molecule has 1 unspecified atom stereocenters. The lowest BCUT2D eigenvalue weighted by Crippen LogP contribution is -2.13. The maximum atomic E-state index is 5.47. The second-order valence-corrected chi connectivity index (χ2v) is 5.99. The van der Waals surface area contributed by atoms with Crippen LogP contribution in [0.5, 0.6) is 5.75 Å². The summed E-state index contributed by atoms with van der Waals surface area (Å²) in [5.74, 6) is 1.57. The fourth-order valence-corrected chi connectivity index (χ4v) is 2.24. The zero-order valence-electron chi connectivity index (χ0n) is 12.6. The van der Waals surface area contributed by atoms with Crippen molar-refractivity contribution < 1.29 is 4.74 Å². The van der Waals surface area contributed by atoms with Crippen LogP contribution in [0.3, 0.4) is 0 Å². The van der Waals surface area contributed by atoms with Crippen LogP contribution in [-0.2, 0) is 11.8 Å². The molecule has 1 aromatic rings. The molecular formula is C17H26O. The highest BCUT2D eigenvalue weighted by Crippen LogP contribution is 2.32.